The maximum Gasteiger partial charge on any atom is 0.131 e. The Labute approximate surface area is 298 Å². The molecule has 7 aromatic carbocycles. The van der Waals surface area contributed by atoms with Crippen molar-refractivity contribution in [3.63, 3.8) is 0 Å². The molecule has 1 heterocycles. The summed E-state index contributed by atoms with van der Waals surface area (Å²) in [7, 11) is 0. The molecule has 244 valence electrons. The monoisotopic (exact) mass is 656 g/mol. The van der Waals surface area contributed by atoms with Crippen LogP contribution in [0.5, 0.6) is 0 Å². The van der Waals surface area contributed by atoms with E-state index in [-0.39, 0.29) is 17.7 Å². The van der Waals surface area contributed by atoms with Crippen molar-refractivity contribution in [3.8, 4) is 39.4 Å². The molecule has 7 aromatic rings. The van der Waals surface area contributed by atoms with Crippen LogP contribution in [0.1, 0.15) is 59.6 Å². The third-order valence-corrected chi connectivity index (χ3v) is 10.6. The highest BCUT2D eigenvalue weighted by Crippen LogP contribution is 2.52. The van der Waals surface area contributed by atoms with Crippen molar-refractivity contribution in [1.82, 2.24) is 10.6 Å². The van der Waals surface area contributed by atoms with Crippen LogP contribution >= 0.6 is 0 Å². The van der Waals surface area contributed by atoms with E-state index in [0.29, 0.717) is 5.56 Å². The quantitative estimate of drug-likeness (QED) is 0.194. The largest absolute Gasteiger partial charge is 0.350 e. The lowest BCUT2D eigenvalue weighted by molar-refractivity contribution is 0.410. The van der Waals surface area contributed by atoms with Crippen LogP contribution in [-0.4, -0.2) is 5.84 Å². The van der Waals surface area contributed by atoms with Gasteiger partial charge in [0.1, 0.15) is 18.2 Å². The molecule has 9 rings (SSSR count). The van der Waals surface area contributed by atoms with Crippen molar-refractivity contribution >= 4 is 16.6 Å². The Balaban J connectivity index is 1.10. The second-order valence-corrected chi connectivity index (χ2v) is 14.0. The van der Waals surface area contributed by atoms with Gasteiger partial charge in [0.15, 0.2) is 0 Å². The Hall–Kier alpha value is -6.28. The number of fused-ring (bicyclic) bond motifs is 4. The molecule has 1 aliphatic carbocycles. The van der Waals surface area contributed by atoms with Crippen molar-refractivity contribution in [1.29, 1.82) is 5.26 Å². The molecule has 51 heavy (non-hydrogen) atoms. The SMILES string of the molecule is CC1(C)c2cc(C#N)ccc2-c2c(-c3ccc(-c4ccc(C5N=C(c6ccccc6)NC(c6ccccc6)N5)c5ccccc45)cc3)cccc21. The first-order valence-electron chi connectivity index (χ1n) is 17.5. The van der Waals surface area contributed by atoms with Gasteiger partial charge in [0.05, 0.1) is 11.6 Å². The molecule has 2 aliphatic rings. The van der Waals surface area contributed by atoms with Crippen LogP contribution in [0.15, 0.2) is 163 Å². The molecular formula is C47H36N4. The summed E-state index contributed by atoms with van der Waals surface area (Å²) in [5.41, 5.74) is 13.6. The first-order valence-corrected chi connectivity index (χ1v) is 17.5. The molecule has 0 radical (unpaired) electrons. The van der Waals surface area contributed by atoms with Crippen LogP contribution in [0.4, 0.5) is 0 Å². The Morgan fingerprint density at radius 3 is 2.00 bits per heavy atom. The lowest BCUT2D eigenvalue weighted by Crippen LogP contribution is -2.45. The van der Waals surface area contributed by atoms with Gasteiger partial charge in [0.25, 0.3) is 0 Å². The summed E-state index contributed by atoms with van der Waals surface area (Å²) in [6.07, 6.45) is -0.343. The van der Waals surface area contributed by atoms with E-state index in [4.69, 9.17) is 4.99 Å². The highest BCUT2D eigenvalue weighted by Gasteiger charge is 2.37. The van der Waals surface area contributed by atoms with Crippen molar-refractivity contribution < 1.29 is 0 Å². The molecule has 0 spiro atoms. The second-order valence-electron chi connectivity index (χ2n) is 14.0. The highest BCUT2D eigenvalue weighted by atomic mass is 15.3. The van der Waals surface area contributed by atoms with Crippen LogP contribution in [0, 0.1) is 11.3 Å². The minimum Gasteiger partial charge on any atom is -0.350 e. The number of benzene rings is 7. The molecule has 0 amide bonds. The van der Waals surface area contributed by atoms with Crippen molar-refractivity contribution in [3.05, 3.63) is 191 Å². The lowest BCUT2D eigenvalue weighted by atomic mass is 9.81. The molecule has 4 heteroatoms. The third-order valence-electron chi connectivity index (χ3n) is 10.6. The van der Waals surface area contributed by atoms with Crippen molar-refractivity contribution in [2.75, 3.05) is 0 Å². The van der Waals surface area contributed by atoms with Crippen LogP contribution in [0.3, 0.4) is 0 Å². The van der Waals surface area contributed by atoms with Gasteiger partial charge in [-0.2, -0.15) is 5.26 Å². The van der Waals surface area contributed by atoms with Gasteiger partial charge in [-0.3, -0.25) is 5.32 Å². The van der Waals surface area contributed by atoms with Crippen molar-refractivity contribution in [2.24, 2.45) is 4.99 Å². The first-order chi connectivity index (χ1) is 25.0. The Kier molecular flexibility index (Phi) is 7.38. The van der Waals surface area contributed by atoms with E-state index in [9.17, 15) is 5.26 Å². The zero-order valence-electron chi connectivity index (χ0n) is 28.6. The van der Waals surface area contributed by atoms with Gasteiger partial charge in [-0.25, -0.2) is 4.99 Å². The summed E-state index contributed by atoms with van der Waals surface area (Å²) < 4.78 is 0. The number of nitriles is 1. The predicted octanol–water partition coefficient (Wildman–Crippen LogP) is 10.7. The van der Waals surface area contributed by atoms with Gasteiger partial charge in [0.2, 0.25) is 0 Å². The zero-order valence-corrected chi connectivity index (χ0v) is 28.6. The number of rotatable bonds is 5. The van der Waals surface area contributed by atoms with Crippen LogP contribution in [-0.2, 0) is 5.41 Å². The molecule has 2 N–H and O–H groups in total. The maximum absolute atomic E-state index is 9.60. The molecule has 2 atom stereocenters. The van der Waals surface area contributed by atoms with Gasteiger partial charge >= 0.3 is 0 Å². The highest BCUT2D eigenvalue weighted by molar-refractivity contribution is 6.02. The summed E-state index contributed by atoms with van der Waals surface area (Å²) in [5.74, 6) is 0.876. The van der Waals surface area contributed by atoms with Crippen LogP contribution < -0.4 is 10.6 Å². The lowest BCUT2D eigenvalue weighted by Gasteiger charge is -2.32. The van der Waals surface area contributed by atoms with E-state index in [2.05, 4.69) is 170 Å². The Bertz CT molecular complexity index is 2510. The predicted molar refractivity (Wildman–Crippen MR) is 208 cm³/mol. The van der Waals surface area contributed by atoms with Gasteiger partial charge in [-0.1, -0.05) is 159 Å². The van der Waals surface area contributed by atoms with Crippen molar-refractivity contribution in [2.45, 2.75) is 31.6 Å². The fraction of sp³-hybridized carbons (Fsp3) is 0.106. The number of aliphatic imine (C=N–C) groups is 1. The second kappa shape index (κ2) is 12.2. The molecule has 1 aliphatic heterocycles. The minimum absolute atomic E-state index is 0.0970. The molecule has 0 fully saturated rings. The molecular weight excluding hydrogens is 621 g/mol. The van der Waals surface area contributed by atoms with E-state index in [1.54, 1.807) is 0 Å². The van der Waals surface area contributed by atoms with Gasteiger partial charge < -0.3 is 5.32 Å². The number of hydrogen-bond acceptors (Lipinski definition) is 4. The van der Waals surface area contributed by atoms with E-state index >= 15 is 0 Å². The first kappa shape index (κ1) is 30.8. The number of hydrogen-bond donors (Lipinski definition) is 2. The van der Waals surface area contributed by atoms with Gasteiger partial charge in [-0.05, 0) is 78.5 Å². The molecule has 0 aromatic heterocycles. The van der Waals surface area contributed by atoms with E-state index in [1.807, 2.05) is 18.2 Å². The number of nitrogens with one attached hydrogen (secondary N) is 2. The normalized spacial score (nSPS) is 17.2. The Morgan fingerprint density at radius 1 is 0.588 bits per heavy atom. The summed E-state index contributed by atoms with van der Waals surface area (Å²) in [4.78, 5) is 5.24. The molecule has 0 saturated carbocycles. The minimum atomic E-state index is -0.246. The fourth-order valence-electron chi connectivity index (χ4n) is 8.02. The van der Waals surface area contributed by atoms with Gasteiger partial charge in [0, 0.05) is 11.0 Å². The van der Waals surface area contributed by atoms with Crippen LogP contribution in [0.2, 0.25) is 0 Å². The summed E-state index contributed by atoms with van der Waals surface area (Å²) >= 11 is 0. The van der Waals surface area contributed by atoms with Crippen LogP contribution in [0.25, 0.3) is 44.2 Å². The Morgan fingerprint density at radius 2 is 1.25 bits per heavy atom. The molecule has 2 unspecified atom stereocenters. The summed E-state index contributed by atoms with van der Waals surface area (Å²) in [5, 5.41) is 19.4. The third kappa shape index (κ3) is 5.22. The van der Waals surface area contributed by atoms with E-state index in [1.165, 1.54) is 55.3 Å². The standard InChI is InChI=1S/C47H36N4/c1-47(2)41-19-11-18-36(43(41)40-25-20-30(29-48)28-42(40)47)32-23-21-31(22-24-32)35-26-27-39(38-17-10-9-16-37(35)38)46-50-44(33-12-5-3-6-13-33)49-45(51-46)34-14-7-4-8-15-34/h3-28,44,46,50H,1-2H3,(H,49,51). The van der Waals surface area contributed by atoms with E-state index < -0.39 is 0 Å². The summed E-state index contributed by atoms with van der Waals surface area (Å²) in [6, 6.07) is 58.1. The summed E-state index contributed by atoms with van der Waals surface area (Å²) in [6.45, 7) is 4.52. The molecule has 4 nitrogen and oxygen atoms in total. The molecule has 0 bridgehead atoms. The average Bonchev–Trinajstić information content (AvgIpc) is 3.43. The fourth-order valence-corrected chi connectivity index (χ4v) is 8.02. The molecule has 0 saturated heterocycles. The number of amidine groups is 1. The number of nitrogens with zero attached hydrogens (tertiary/aromatic N) is 2. The van der Waals surface area contributed by atoms with E-state index in [0.717, 1.165) is 22.5 Å². The smallest absolute Gasteiger partial charge is 0.131 e. The zero-order chi connectivity index (χ0) is 34.5. The van der Waals surface area contributed by atoms with Gasteiger partial charge in [-0.15, -0.1) is 0 Å². The average molecular weight is 657 g/mol. The topological polar surface area (TPSA) is 60.2 Å². The maximum atomic E-state index is 9.60.